The van der Waals surface area contributed by atoms with Crippen LogP contribution in [-0.4, -0.2) is 36.3 Å². The lowest BCUT2D eigenvalue weighted by Crippen LogP contribution is -2.42. The molecule has 0 aliphatic carbocycles. The van der Waals surface area contributed by atoms with Crippen LogP contribution in [0.5, 0.6) is 0 Å². The van der Waals surface area contributed by atoms with Gasteiger partial charge in [-0.05, 0) is 38.5 Å². The van der Waals surface area contributed by atoms with E-state index < -0.39 is 22.0 Å². The summed E-state index contributed by atoms with van der Waals surface area (Å²) in [5.41, 5.74) is 5.71. The zero-order valence-corrected chi connectivity index (χ0v) is 12.6. The fourth-order valence-electron chi connectivity index (χ4n) is 1.75. The van der Waals surface area contributed by atoms with E-state index in [2.05, 4.69) is 0 Å². The van der Waals surface area contributed by atoms with Gasteiger partial charge in [0.05, 0.1) is 17.5 Å². The minimum atomic E-state index is -3.79. The second-order valence-electron chi connectivity index (χ2n) is 4.86. The average Bonchev–Trinajstić information content (AvgIpc) is 2.35. The largest absolute Gasteiger partial charge is 0.389 e. The molecule has 1 unspecified atom stereocenters. The summed E-state index contributed by atoms with van der Waals surface area (Å²) in [5, 5.41) is 9.41. The molecule has 0 radical (unpaired) electrons. The van der Waals surface area contributed by atoms with Crippen molar-refractivity contribution in [3.05, 3.63) is 29.8 Å². The number of rotatable bonds is 6. The Bertz CT molecular complexity index is 565. The highest BCUT2D eigenvalue weighted by molar-refractivity contribution is 7.89. The number of nitrogens with two attached hydrogens (primary N) is 1. The Morgan fingerprint density at radius 1 is 1.25 bits per heavy atom. The van der Waals surface area contributed by atoms with Crippen molar-refractivity contribution >= 4 is 15.9 Å². The number of nitrogens with zero attached hydrogens (tertiary/aromatic N) is 1. The fourth-order valence-corrected chi connectivity index (χ4v) is 3.36. The molecule has 1 aromatic rings. The first kappa shape index (κ1) is 16.6. The molecule has 0 aliphatic rings. The monoisotopic (exact) mass is 300 g/mol. The molecule has 0 aliphatic heterocycles. The van der Waals surface area contributed by atoms with E-state index in [9.17, 15) is 18.3 Å². The number of aliphatic hydroxyl groups is 1. The van der Waals surface area contributed by atoms with Crippen molar-refractivity contribution in [1.82, 2.24) is 4.31 Å². The molecule has 1 aromatic carbocycles. The van der Waals surface area contributed by atoms with Gasteiger partial charge in [-0.15, -0.1) is 0 Å². The molecule has 0 bridgehead atoms. The molecule has 20 heavy (non-hydrogen) atoms. The van der Waals surface area contributed by atoms with Crippen LogP contribution in [-0.2, 0) is 14.8 Å². The number of amides is 1. The topological polar surface area (TPSA) is 101 Å². The molecule has 112 valence electrons. The van der Waals surface area contributed by atoms with E-state index in [0.29, 0.717) is 5.56 Å². The third kappa shape index (κ3) is 3.78. The van der Waals surface area contributed by atoms with Gasteiger partial charge in [-0.3, -0.25) is 4.79 Å². The van der Waals surface area contributed by atoms with Crippen molar-refractivity contribution in [2.24, 2.45) is 5.73 Å². The molecule has 1 amide bonds. The van der Waals surface area contributed by atoms with Gasteiger partial charge in [0.1, 0.15) is 0 Å². The summed E-state index contributed by atoms with van der Waals surface area (Å²) in [4.78, 5) is 11.1. The van der Waals surface area contributed by atoms with Crippen LogP contribution >= 0.6 is 0 Å². The van der Waals surface area contributed by atoms with Gasteiger partial charge in [0.2, 0.25) is 15.9 Å². The lowest BCUT2D eigenvalue weighted by molar-refractivity contribution is -0.118. The van der Waals surface area contributed by atoms with Crippen molar-refractivity contribution in [3.63, 3.8) is 0 Å². The van der Waals surface area contributed by atoms with E-state index in [1.807, 2.05) is 0 Å². The number of carbonyl (C=O) groups is 1. The van der Waals surface area contributed by atoms with Crippen molar-refractivity contribution in [2.75, 3.05) is 6.54 Å². The number of hydrogen-bond donors (Lipinski definition) is 2. The van der Waals surface area contributed by atoms with Crippen LogP contribution in [0.1, 0.15) is 32.4 Å². The first-order valence-corrected chi connectivity index (χ1v) is 7.68. The number of hydrogen-bond acceptors (Lipinski definition) is 4. The Kier molecular flexibility index (Phi) is 5.27. The van der Waals surface area contributed by atoms with E-state index in [0.717, 1.165) is 4.31 Å². The molecule has 6 nitrogen and oxygen atoms in total. The van der Waals surface area contributed by atoms with Crippen LogP contribution in [0.3, 0.4) is 0 Å². The maximum Gasteiger partial charge on any atom is 0.243 e. The second-order valence-corrected chi connectivity index (χ2v) is 6.75. The number of aliphatic hydroxyl groups excluding tert-OH is 1. The van der Waals surface area contributed by atoms with E-state index in [4.69, 9.17) is 5.73 Å². The van der Waals surface area contributed by atoms with Crippen molar-refractivity contribution in [3.8, 4) is 0 Å². The van der Waals surface area contributed by atoms with E-state index >= 15 is 0 Å². The zero-order valence-electron chi connectivity index (χ0n) is 11.8. The number of sulfonamides is 1. The van der Waals surface area contributed by atoms with Crippen LogP contribution in [0.4, 0.5) is 0 Å². The van der Waals surface area contributed by atoms with Crippen LogP contribution in [0.2, 0.25) is 0 Å². The van der Waals surface area contributed by atoms with Crippen molar-refractivity contribution < 1.29 is 18.3 Å². The molecule has 0 aromatic heterocycles. The minimum Gasteiger partial charge on any atom is -0.389 e. The summed E-state index contributed by atoms with van der Waals surface area (Å²) < 4.78 is 25.9. The first-order valence-electron chi connectivity index (χ1n) is 6.24. The highest BCUT2D eigenvalue weighted by Gasteiger charge is 2.28. The molecule has 0 heterocycles. The molecular formula is C13H20N2O4S. The highest BCUT2D eigenvalue weighted by Crippen LogP contribution is 2.20. The first-order chi connectivity index (χ1) is 9.16. The maximum atomic E-state index is 12.4. The third-order valence-electron chi connectivity index (χ3n) is 2.86. The summed E-state index contributed by atoms with van der Waals surface area (Å²) in [5.74, 6) is -0.706. The maximum absolute atomic E-state index is 12.4. The smallest absolute Gasteiger partial charge is 0.243 e. The molecule has 0 fully saturated rings. The van der Waals surface area contributed by atoms with E-state index in [-0.39, 0.29) is 17.5 Å². The fraction of sp³-hybridized carbons (Fsp3) is 0.462. The third-order valence-corrected chi connectivity index (χ3v) is 4.89. The SMILES string of the molecule is CC(O)c1ccc(S(=O)(=O)N(CC(N)=O)C(C)C)cc1. The van der Waals surface area contributed by atoms with Gasteiger partial charge in [-0.1, -0.05) is 12.1 Å². The van der Waals surface area contributed by atoms with Gasteiger partial charge in [0.15, 0.2) is 0 Å². The summed E-state index contributed by atoms with van der Waals surface area (Å²) in [6.07, 6.45) is -0.668. The Balaban J connectivity index is 3.16. The Labute approximate surface area is 119 Å². The van der Waals surface area contributed by atoms with E-state index in [1.165, 1.54) is 12.1 Å². The molecule has 0 saturated heterocycles. The van der Waals surface area contributed by atoms with Gasteiger partial charge < -0.3 is 10.8 Å². The molecule has 7 heteroatoms. The molecule has 0 spiro atoms. The highest BCUT2D eigenvalue weighted by atomic mass is 32.2. The molecule has 3 N–H and O–H groups in total. The van der Waals surface area contributed by atoms with Crippen LogP contribution in [0, 0.1) is 0 Å². The Morgan fingerprint density at radius 3 is 2.10 bits per heavy atom. The summed E-state index contributed by atoms with van der Waals surface area (Å²) in [7, 11) is -3.79. The van der Waals surface area contributed by atoms with Gasteiger partial charge in [0, 0.05) is 6.04 Å². The van der Waals surface area contributed by atoms with E-state index in [1.54, 1.807) is 32.9 Å². The predicted octanol–water partition coefficient (Wildman–Crippen LogP) is 0.624. The van der Waals surface area contributed by atoms with Crippen molar-refractivity contribution in [1.29, 1.82) is 0 Å². The number of benzene rings is 1. The lowest BCUT2D eigenvalue weighted by atomic mass is 10.1. The molecule has 0 saturated carbocycles. The van der Waals surface area contributed by atoms with Crippen molar-refractivity contribution in [2.45, 2.75) is 37.8 Å². The van der Waals surface area contributed by atoms with Gasteiger partial charge in [0.25, 0.3) is 0 Å². The minimum absolute atomic E-state index is 0.0665. The van der Waals surface area contributed by atoms with Gasteiger partial charge in [-0.2, -0.15) is 4.31 Å². The number of carbonyl (C=O) groups excluding carboxylic acids is 1. The molecule has 1 atom stereocenters. The summed E-state index contributed by atoms with van der Waals surface area (Å²) in [6, 6.07) is 5.52. The Hall–Kier alpha value is -1.44. The van der Waals surface area contributed by atoms with Crippen LogP contribution in [0.15, 0.2) is 29.2 Å². The van der Waals surface area contributed by atoms with Gasteiger partial charge >= 0.3 is 0 Å². The van der Waals surface area contributed by atoms with Crippen LogP contribution in [0.25, 0.3) is 0 Å². The standard InChI is InChI=1S/C13H20N2O4S/c1-9(2)15(8-13(14)17)20(18,19)12-6-4-11(5-7-12)10(3)16/h4-7,9-10,16H,8H2,1-3H3,(H2,14,17). The predicted molar refractivity (Wildman–Crippen MR) is 75.3 cm³/mol. The van der Waals surface area contributed by atoms with Gasteiger partial charge in [-0.25, -0.2) is 8.42 Å². The average molecular weight is 300 g/mol. The molecule has 1 rings (SSSR count). The normalized spacial score (nSPS) is 13.7. The zero-order chi connectivity index (χ0) is 15.5. The molecular weight excluding hydrogens is 280 g/mol. The quantitative estimate of drug-likeness (QED) is 0.804. The second kappa shape index (κ2) is 6.34. The lowest BCUT2D eigenvalue weighted by Gasteiger charge is -2.24. The summed E-state index contributed by atoms with van der Waals surface area (Å²) in [6.45, 7) is 4.57. The van der Waals surface area contributed by atoms with Crippen LogP contribution < -0.4 is 5.73 Å². The number of primary amides is 1. The summed E-state index contributed by atoms with van der Waals surface area (Å²) >= 11 is 0. The Morgan fingerprint density at radius 2 is 1.75 bits per heavy atom.